The van der Waals surface area contributed by atoms with Crippen molar-refractivity contribution in [2.45, 2.75) is 31.0 Å². The molecule has 0 bridgehead atoms. The number of methoxy groups -OCH3 is 2. The topological polar surface area (TPSA) is 82.5 Å². The molecule has 1 aromatic heterocycles. The highest BCUT2D eigenvalue weighted by atomic mass is 32.2. The predicted molar refractivity (Wildman–Crippen MR) is 123 cm³/mol. The van der Waals surface area contributed by atoms with Gasteiger partial charge in [0.15, 0.2) is 0 Å². The Morgan fingerprint density at radius 3 is 2.29 bits per heavy atom. The number of benzene rings is 2. The third-order valence-corrected chi connectivity index (χ3v) is 5.82. The van der Waals surface area contributed by atoms with Gasteiger partial charge in [0, 0.05) is 30.0 Å². The molecule has 1 amide bonds. The lowest BCUT2D eigenvalue weighted by molar-refractivity contribution is -0.115. The van der Waals surface area contributed by atoms with Crippen LogP contribution in [0.25, 0.3) is 5.69 Å². The minimum absolute atomic E-state index is 0.203. The summed E-state index contributed by atoms with van der Waals surface area (Å²) in [7, 11) is 3.10. The molecule has 0 spiro atoms. The van der Waals surface area contributed by atoms with Crippen molar-refractivity contribution in [2.75, 3.05) is 19.5 Å². The van der Waals surface area contributed by atoms with E-state index in [9.17, 15) is 9.59 Å². The van der Waals surface area contributed by atoms with Gasteiger partial charge in [-0.2, -0.15) is 9.78 Å². The average Bonchev–Trinajstić information content (AvgIpc) is 2.76. The van der Waals surface area contributed by atoms with Crippen LogP contribution in [0.5, 0.6) is 11.5 Å². The third-order valence-electron chi connectivity index (χ3n) is 4.80. The summed E-state index contributed by atoms with van der Waals surface area (Å²) in [6, 6.07) is 14.0. The molecular formula is C23H25N3O4S. The molecule has 31 heavy (non-hydrogen) atoms. The first-order valence-corrected chi connectivity index (χ1v) is 10.6. The number of anilines is 1. The first-order valence-electron chi connectivity index (χ1n) is 9.69. The van der Waals surface area contributed by atoms with Gasteiger partial charge in [0.05, 0.1) is 25.2 Å². The first-order chi connectivity index (χ1) is 14.8. The Balaban J connectivity index is 1.77. The van der Waals surface area contributed by atoms with Gasteiger partial charge in [0.2, 0.25) is 5.91 Å². The van der Waals surface area contributed by atoms with Crippen molar-refractivity contribution in [3.8, 4) is 17.2 Å². The van der Waals surface area contributed by atoms with E-state index in [2.05, 4.69) is 10.4 Å². The number of carbonyl (C=O) groups is 1. The molecule has 0 aliphatic carbocycles. The normalized spacial score (nSPS) is 11.6. The molecular weight excluding hydrogens is 414 g/mol. The second-order valence-corrected chi connectivity index (χ2v) is 8.40. The van der Waals surface area contributed by atoms with Crippen molar-refractivity contribution < 1.29 is 14.3 Å². The molecule has 0 unspecified atom stereocenters. The van der Waals surface area contributed by atoms with Crippen molar-refractivity contribution in [1.29, 1.82) is 0 Å². The highest BCUT2D eigenvalue weighted by Gasteiger charge is 2.17. The molecule has 1 N–H and O–H groups in total. The van der Waals surface area contributed by atoms with E-state index < -0.39 is 5.25 Å². The van der Waals surface area contributed by atoms with Crippen molar-refractivity contribution in [2.24, 2.45) is 0 Å². The maximum atomic E-state index is 12.7. The molecule has 0 saturated carbocycles. The van der Waals surface area contributed by atoms with Gasteiger partial charge >= 0.3 is 0 Å². The average molecular weight is 440 g/mol. The summed E-state index contributed by atoms with van der Waals surface area (Å²) in [6.07, 6.45) is 0. The van der Waals surface area contributed by atoms with Crippen LogP contribution in [0, 0.1) is 13.8 Å². The van der Waals surface area contributed by atoms with E-state index in [1.807, 2.05) is 32.0 Å². The zero-order valence-corrected chi connectivity index (χ0v) is 18.9. The number of rotatable bonds is 7. The van der Waals surface area contributed by atoms with Crippen LogP contribution in [-0.2, 0) is 4.79 Å². The van der Waals surface area contributed by atoms with Crippen LogP contribution in [0.2, 0.25) is 0 Å². The Morgan fingerprint density at radius 1 is 1.00 bits per heavy atom. The molecule has 0 fully saturated rings. The maximum Gasteiger partial charge on any atom is 0.271 e. The Labute approximate surface area is 185 Å². The summed E-state index contributed by atoms with van der Waals surface area (Å²) in [6.45, 7) is 5.78. The van der Waals surface area contributed by atoms with Gasteiger partial charge in [-0.15, -0.1) is 0 Å². The lowest BCUT2D eigenvalue weighted by atomic mass is 10.1. The summed E-state index contributed by atoms with van der Waals surface area (Å²) in [5.74, 6) is 0.959. The molecule has 3 aromatic rings. The van der Waals surface area contributed by atoms with Crippen LogP contribution in [0.3, 0.4) is 0 Å². The number of ether oxygens (including phenoxy) is 2. The summed E-state index contributed by atoms with van der Waals surface area (Å²) < 4.78 is 11.8. The number of nitrogens with one attached hydrogen (secondary N) is 1. The number of nitrogens with zero attached hydrogens (tertiary/aromatic N) is 2. The minimum Gasteiger partial charge on any atom is -0.497 e. The number of hydrogen-bond acceptors (Lipinski definition) is 6. The number of thioether (sulfide) groups is 1. The minimum atomic E-state index is -0.449. The third kappa shape index (κ3) is 5.46. The molecule has 2 aromatic carbocycles. The Kier molecular flexibility index (Phi) is 7.02. The van der Waals surface area contributed by atoms with E-state index in [4.69, 9.17) is 9.47 Å². The fourth-order valence-corrected chi connectivity index (χ4v) is 3.66. The summed E-state index contributed by atoms with van der Waals surface area (Å²) in [5.41, 5.74) is 3.25. The van der Waals surface area contributed by atoms with E-state index in [1.54, 1.807) is 45.4 Å². The summed E-state index contributed by atoms with van der Waals surface area (Å²) >= 11 is 1.27. The lowest BCUT2D eigenvalue weighted by Gasteiger charge is -2.14. The Bertz CT molecular complexity index is 1140. The Hall–Kier alpha value is -3.26. The van der Waals surface area contributed by atoms with Crippen molar-refractivity contribution in [3.63, 3.8) is 0 Å². The number of carbonyl (C=O) groups excluding carboxylic acids is 1. The fourth-order valence-electron chi connectivity index (χ4n) is 2.86. The monoisotopic (exact) mass is 439 g/mol. The van der Waals surface area contributed by atoms with E-state index in [0.717, 1.165) is 11.1 Å². The Morgan fingerprint density at radius 2 is 1.68 bits per heavy atom. The molecule has 0 aliphatic heterocycles. The van der Waals surface area contributed by atoms with Crippen LogP contribution in [-0.4, -0.2) is 35.2 Å². The number of aryl methyl sites for hydroxylation is 2. The lowest BCUT2D eigenvalue weighted by Crippen LogP contribution is -2.24. The molecule has 1 heterocycles. The summed E-state index contributed by atoms with van der Waals surface area (Å²) in [4.78, 5) is 25.0. The fraction of sp³-hybridized carbons (Fsp3) is 0.261. The van der Waals surface area contributed by atoms with Crippen molar-refractivity contribution in [3.05, 3.63) is 70.0 Å². The SMILES string of the molecule is COc1cc(NC(=O)[C@H](C)Sc2ccc(=O)n(-c3ccc(C)c(C)c3)n2)cc(OC)c1. The zero-order valence-electron chi connectivity index (χ0n) is 18.1. The highest BCUT2D eigenvalue weighted by Crippen LogP contribution is 2.27. The van der Waals surface area contributed by atoms with Gasteiger partial charge in [-0.3, -0.25) is 9.59 Å². The molecule has 3 rings (SSSR count). The van der Waals surface area contributed by atoms with Gasteiger partial charge in [-0.1, -0.05) is 17.8 Å². The van der Waals surface area contributed by atoms with Gasteiger partial charge in [-0.25, -0.2) is 0 Å². The molecule has 0 radical (unpaired) electrons. The number of aromatic nitrogens is 2. The quantitative estimate of drug-likeness (QED) is 0.561. The van der Waals surface area contributed by atoms with Crippen LogP contribution in [0.15, 0.2) is 58.4 Å². The van der Waals surface area contributed by atoms with Crippen molar-refractivity contribution in [1.82, 2.24) is 9.78 Å². The second kappa shape index (κ2) is 9.70. The zero-order chi connectivity index (χ0) is 22.5. The maximum absolute atomic E-state index is 12.7. The predicted octanol–water partition coefficient (Wildman–Crippen LogP) is 3.99. The second-order valence-electron chi connectivity index (χ2n) is 7.04. The van der Waals surface area contributed by atoms with E-state index in [1.165, 1.54) is 22.5 Å². The van der Waals surface area contributed by atoms with Crippen LogP contribution in [0.4, 0.5) is 5.69 Å². The number of hydrogen-bond donors (Lipinski definition) is 1. The number of amides is 1. The standard InChI is InChI=1S/C23H25N3O4S/c1-14-6-7-18(10-15(14)2)26-22(27)9-8-21(25-26)31-16(3)23(28)24-17-11-19(29-4)13-20(12-17)30-5/h6-13,16H,1-5H3,(H,24,28)/t16-/m0/s1. The van der Waals surface area contributed by atoms with E-state index in [-0.39, 0.29) is 11.5 Å². The largest absolute Gasteiger partial charge is 0.497 e. The van der Waals surface area contributed by atoms with Gasteiger partial charge < -0.3 is 14.8 Å². The highest BCUT2D eigenvalue weighted by molar-refractivity contribution is 8.00. The van der Waals surface area contributed by atoms with Crippen LogP contribution in [0.1, 0.15) is 18.1 Å². The van der Waals surface area contributed by atoms with Gasteiger partial charge in [0.25, 0.3) is 5.56 Å². The van der Waals surface area contributed by atoms with Gasteiger partial charge in [-0.05, 0) is 50.1 Å². The molecule has 0 aliphatic rings. The molecule has 8 heteroatoms. The van der Waals surface area contributed by atoms with E-state index in [0.29, 0.717) is 27.9 Å². The first kappa shape index (κ1) is 22.4. The molecule has 0 saturated heterocycles. The van der Waals surface area contributed by atoms with Crippen LogP contribution >= 0.6 is 11.8 Å². The molecule has 162 valence electrons. The molecule has 7 nitrogen and oxygen atoms in total. The summed E-state index contributed by atoms with van der Waals surface area (Å²) in [5, 5.41) is 7.44. The van der Waals surface area contributed by atoms with E-state index >= 15 is 0 Å². The van der Waals surface area contributed by atoms with Gasteiger partial charge in [0.1, 0.15) is 16.5 Å². The van der Waals surface area contributed by atoms with Crippen molar-refractivity contribution >= 4 is 23.4 Å². The smallest absolute Gasteiger partial charge is 0.271 e. The van der Waals surface area contributed by atoms with Crippen LogP contribution < -0.4 is 20.3 Å². The molecule has 1 atom stereocenters.